The molecule has 1 atom stereocenters. The van der Waals surface area contributed by atoms with Crippen LogP contribution in [0, 0.1) is 20.2 Å². The monoisotopic (exact) mass is 453 g/mol. The van der Waals surface area contributed by atoms with Crippen molar-refractivity contribution in [1.82, 2.24) is 10.7 Å². The molecule has 0 aliphatic heterocycles. The van der Waals surface area contributed by atoms with Gasteiger partial charge in [0, 0.05) is 30.2 Å². The molecular formula is C18H14F3N5O6. The van der Waals surface area contributed by atoms with Gasteiger partial charge in [0.1, 0.15) is 5.75 Å². The Morgan fingerprint density at radius 2 is 1.75 bits per heavy atom. The van der Waals surface area contributed by atoms with Gasteiger partial charge in [0.25, 0.3) is 17.3 Å². The van der Waals surface area contributed by atoms with E-state index in [-0.39, 0.29) is 17.7 Å². The lowest BCUT2D eigenvalue weighted by atomic mass is 10.1. The number of benzene rings is 2. The van der Waals surface area contributed by atoms with Crippen LogP contribution in [-0.2, 0) is 0 Å². The normalized spacial score (nSPS) is 16.5. The summed E-state index contributed by atoms with van der Waals surface area (Å²) in [6.07, 6.45) is -4.90. The second kappa shape index (κ2) is 8.58. The van der Waals surface area contributed by atoms with Gasteiger partial charge in [-0.15, -0.1) is 0 Å². The molecule has 168 valence electrons. The van der Waals surface area contributed by atoms with Crippen LogP contribution in [0.4, 0.5) is 24.5 Å². The van der Waals surface area contributed by atoms with E-state index in [0.29, 0.717) is 17.4 Å². The minimum Gasteiger partial charge on any atom is -0.497 e. The van der Waals surface area contributed by atoms with E-state index in [2.05, 4.69) is 10.5 Å². The van der Waals surface area contributed by atoms with E-state index >= 15 is 0 Å². The van der Waals surface area contributed by atoms with Gasteiger partial charge < -0.3 is 4.74 Å². The maximum Gasteiger partial charge on any atom is 0.457 e. The number of nitrogens with zero attached hydrogens (tertiary/aromatic N) is 3. The van der Waals surface area contributed by atoms with Crippen molar-refractivity contribution in [3.05, 3.63) is 73.3 Å². The van der Waals surface area contributed by atoms with E-state index in [1.165, 1.54) is 30.6 Å². The number of fused-ring (bicyclic) bond motifs is 1. The van der Waals surface area contributed by atoms with Crippen molar-refractivity contribution < 1.29 is 32.5 Å². The van der Waals surface area contributed by atoms with Gasteiger partial charge >= 0.3 is 6.30 Å². The van der Waals surface area contributed by atoms with Gasteiger partial charge in [0.05, 0.1) is 34.3 Å². The van der Waals surface area contributed by atoms with Gasteiger partial charge in [-0.1, -0.05) is 0 Å². The van der Waals surface area contributed by atoms with Crippen LogP contribution in [0.1, 0.15) is 33.9 Å². The summed E-state index contributed by atoms with van der Waals surface area (Å²) in [6, 6.07) is 5.55. The van der Waals surface area contributed by atoms with Gasteiger partial charge in [-0.25, -0.2) is 10.7 Å². The van der Waals surface area contributed by atoms with Gasteiger partial charge in [0.15, 0.2) is 0 Å². The minimum absolute atomic E-state index is 0.109. The van der Waals surface area contributed by atoms with Crippen LogP contribution in [0.5, 0.6) is 5.75 Å². The van der Waals surface area contributed by atoms with E-state index < -0.39 is 45.0 Å². The van der Waals surface area contributed by atoms with Crippen molar-refractivity contribution in [3.63, 3.8) is 0 Å². The first kappa shape index (κ1) is 22.6. The van der Waals surface area contributed by atoms with Crippen molar-refractivity contribution >= 4 is 23.0 Å². The third-order valence-electron chi connectivity index (χ3n) is 4.56. The zero-order chi connectivity index (χ0) is 23.6. The van der Waals surface area contributed by atoms with Gasteiger partial charge in [0.2, 0.25) is 0 Å². The summed E-state index contributed by atoms with van der Waals surface area (Å²) in [5.74, 6) is -0.682. The molecule has 0 aromatic heterocycles. The molecule has 0 saturated carbocycles. The molecule has 2 aromatic carbocycles. The average molecular weight is 453 g/mol. The lowest BCUT2D eigenvalue weighted by molar-refractivity contribution is -0.394. The molecule has 11 nitrogen and oxygen atoms in total. The molecule has 0 spiro atoms. The Labute approximate surface area is 177 Å². The van der Waals surface area contributed by atoms with Crippen molar-refractivity contribution in [2.45, 2.75) is 18.8 Å². The number of carbonyl (C=O) groups is 1. The molecule has 0 fully saturated rings. The SMILES string of the molecule is COc1ccc2c(c1)C(NC(F)(F)F)CC2=NNC(=O)c1cc([N+](=O)[O-])cc([N+](=O)[O-])c1. The molecule has 1 amide bonds. The molecule has 2 aromatic rings. The Kier molecular flexibility index (Phi) is 6.06. The number of nitro benzene ring substituents is 2. The van der Waals surface area contributed by atoms with Crippen molar-refractivity contribution in [2.24, 2.45) is 5.10 Å². The van der Waals surface area contributed by atoms with Crippen molar-refractivity contribution in [1.29, 1.82) is 0 Å². The molecule has 0 radical (unpaired) electrons. The number of hydrogen-bond acceptors (Lipinski definition) is 8. The molecule has 1 unspecified atom stereocenters. The Hall–Kier alpha value is -4.07. The zero-order valence-electron chi connectivity index (χ0n) is 16.2. The predicted octanol–water partition coefficient (Wildman–Crippen LogP) is 3.20. The van der Waals surface area contributed by atoms with Crippen LogP contribution in [-0.4, -0.2) is 34.9 Å². The average Bonchev–Trinajstić information content (AvgIpc) is 3.06. The highest BCUT2D eigenvalue weighted by Crippen LogP contribution is 2.36. The van der Waals surface area contributed by atoms with Crippen LogP contribution in [0.2, 0.25) is 0 Å². The summed E-state index contributed by atoms with van der Waals surface area (Å²) in [5, 5.41) is 27.3. The van der Waals surface area contributed by atoms with Crippen molar-refractivity contribution in [2.75, 3.05) is 7.11 Å². The molecule has 1 aliphatic rings. The smallest absolute Gasteiger partial charge is 0.457 e. The van der Waals surface area contributed by atoms with E-state index in [0.717, 1.165) is 12.1 Å². The molecule has 0 heterocycles. The number of non-ortho nitro benzene ring substituents is 2. The summed E-state index contributed by atoms with van der Waals surface area (Å²) in [4.78, 5) is 32.5. The van der Waals surface area contributed by atoms with Crippen molar-refractivity contribution in [3.8, 4) is 5.75 Å². The third kappa shape index (κ3) is 4.97. The molecule has 2 N–H and O–H groups in total. The summed E-state index contributed by atoms with van der Waals surface area (Å²) < 4.78 is 43.7. The third-order valence-corrected chi connectivity index (χ3v) is 4.56. The number of hydrogen-bond donors (Lipinski definition) is 2. The number of alkyl halides is 3. The Morgan fingerprint density at radius 3 is 2.28 bits per heavy atom. The van der Waals surface area contributed by atoms with E-state index in [4.69, 9.17) is 4.74 Å². The lowest BCUT2D eigenvalue weighted by Crippen LogP contribution is -2.34. The topological polar surface area (TPSA) is 149 Å². The molecule has 0 saturated heterocycles. The van der Waals surface area contributed by atoms with Crippen LogP contribution >= 0.6 is 0 Å². The van der Waals surface area contributed by atoms with Crippen LogP contribution in [0.15, 0.2) is 41.5 Å². The summed E-state index contributed by atoms with van der Waals surface area (Å²) in [7, 11) is 1.36. The molecule has 14 heteroatoms. The molecular weight excluding hydrogens is 439 g/mol. The fraction of sp³-hybridized carbons (Fsp3) is 0.222. The van der Waals surface area contributed by atoms with Gasteiger partial charge in [-0.2, -0.15) is 18.3 Å². The number of hydrazone groups is 1. The molecule has 32 heavy (non-hydrogen) atoms. The first-order chi connectivity index (χ1) is 15.0. The molecule has 3 rings (SSSR count). The summed E-state index contributed by atoms with van der Waals surface area (Å²) in [6.45, 7) is 0. The highest BCUT2D eigenvalue weighted by molar-refractivity contribution is 6.06. The van der Waals surface area contributed by atoms with E-state index in [1.54, 1.807) is 0 Å². The number of halogens is 3. The predicted molar refractivity (Wildman–Crippen MR) is 103 cm³/mol. The quantitative estimate of drug-likeness (QED) is 0.387. The number of ether oxygens (including phenoxy) is 1. The number of nitro groups is 2. The second-order valence-electron chi connectivity index (χ2n) is 6.60. The number of amides is 1. The zero-order valence-corrected chi connectivity index (χ0v) is 16.2. The fourth-order valence-electron chi connectivity index (χ4n) is 3.18. The largest absolute Gasteiger partial charge is 0.497 e. The Bertz CT molecular complexity index is 1100. The number of nitrogens with one attached hydrogen (secondary N) is 2. The lowest BCUT2D eigenvalue weighted by Gasteiger charge is -2.16. The van der Waals surface area contributed by atoms with Gasteiger partial charge in [-0.05, 0) is 23.8 Å². The highest BCUT2D eigenvalue weighted by Gasteiger charge is 2.37. The van der Waals surface area contributed by atoms with Crippen LogP contribution in [0.25, 0.3) is 0 Å². The maximum atomic E-state index is 12.9. The van der Waals surface area contributed by atoms with Crippen LogP contribution < -0.4 is 15.5 Å². The number of methoxy groups -OCH3 is 1. The Balaban J connectivity index is 1.90. The number of rotatable bonds is 6. The minimum atomic E-state index is -4.67. The second-order valence-corrected chi connectivity index (χ2v) is 6.60. The first-order valence-electron chi connectivity index (χ1n) is 8.82. The Morgan fingerprint density at radius 1 is 1.12 bits per heavy atom. The maximum absolute atomic E-state index is 12.9. The first-order valence-corrected chi connectivity index (χ1v) is 8.82. The fourth-order valence-corrected chi connectivity index (χ4v) is 3.18. The van der Waals surface area contributed by atoms with Crippen LogP contribution in [0.3, 0.4) is 0 Å². The number of carbonyl (C=O) groups excluding carboxylic acids is 1. The van der Waals surface area contributed by atoms with Gasteiger partial charge in [-0.3, -0.25) is 25.0 Å². The standard InChI is InChI=1S/C18H14F3N5O6/c1-32-12-2-3-13-14(7-12)15(22-18(19,20)21)8-16(13)23-24-17(27)9-4-10(25(28)29)6-11(5-9)26(30)31/h2-7,15,22H,8H2,1H3,(H,24,27). The van der Waals surface area contributed by atoms with E-state index in [1.807, 2.05) is 0 Å². The summed E-state index contributed by atoms with van der Waals surface area (Å²) >= 11 is 0. The molecule has 0 bridgehead atoms. The molecule has 1 aliphatic carbocycles. The summed E-state index contributed by atoms with van der Waals surface area (Å²) in [5.41, 5.74) is 1.02. The highest BCUT2D eigenvalue weighted by atomic mass is 19.4. The van der Waals surface area contributed by atoms with E-state index in [9.17, 15) is 38.2 Å².